The van der Waals surface area contributed by atoms with Gasteiger partial charge in [0.25, 0.3) is 0 Å². The van der Waals surface area contributed by atoms with Gasteiger partial charge in [-0.25, -0.2) is 4.39 Å². The Bertz CT molecular complexity index is 812. The first-order chi connectivity index (χ1) is 14.6. The number of halogens is 1. The molecule has 0 saturated carbocycles. The number of nitrogens with one attached hydrogen (secondary N) is 3. The van der Waals surface area contributed by atoms with Crippen LogP contribution in [0.5, 0.6) is 11.5 Å². The van der Waals surface area contributed by atoms with Gasteiger partial charge < -0.3 is 25.4 Å². The number of hydrogen-bond donors (Lipinski definition) is 3. The number of rotatable bonds is 11. The Hall–Kier alpha value is -3.29. The number of ether oxygens (including phenoxy) is 2. The van der Waals surface area contributed by atoms with Crippen LogP contribution >= 0.6 is 0 Å². The van der Waals surface area contributed by atoms with Crippen molar-refractivity contribution in [2.24, 2.45) is 4.99 Å². The van der Waals surface area contributed by atoms with Gasteiger partial charge in [0.1, 0.15) is 23.9 Å². The maximum atomic E-state index is 13.2. The Morgan fingerprint density at radius 2 is 1.80 bits per heavy atom. The Morgan fingerprint density at radius 3 is 2.50 bits per heavy atom. The number of aliphatic imine (C=N–C) groups is 1. The lowest BCUT2D eigenvalue weighted by atomic mass is 10.1. The third-order valence-electron chi connectivity index (χ3n) is 4.02. The van der Waals surface area contributed by atoms with E-state index in [0.717, 1.165) is 18.0 Å². The zero-order valence-corrected chi connectivity index (χ0v) is 17.4. The molecular weight excluding hydrogens is 387 g/mol. The minimum absolute atomic E-state index is 0.141. The highest BCUT2D eigenvalue weighted by Crippen LogP contribution is 2.16. The molecule has 2 aromatic carbocycles. The first-order valence-corrected chi connectivity index (χ1v) is 9.91. The van der Waals surface area contributed by atoms with Gasteiger partial charge in [-0.05, 0) is 48.9 Å². The van der Waals surface area contributed by atoms with Crippen molar-refractivity contribution in [1.29, 1.82) is 0 Å². The van der Waals surface area contributed by atoms with Gasteiger partial charge in [0.05, 0.1) is 26.6 Å². The first kappa shape index (κ1) is 23.0. The second kappa shape index (κ2) is 13.0. The van der Waals surface area contributed by atoms with Gasteiger partial charge in [-0.15, -0.1) is 0 Å². The maximum absolute atomic E-state index is 13.2. The van der Waals surface area contributed by atoms with Crippen LogP contribution in [-0.2, 0) is 11.2 Å². The van der Waals surface area contributed by atoms with Crippen molar-refractivity contribution in [1.82, 2.24) is 16.0 Å². The minimum Gasteiger partial charge on any atom is -0.497 e. The van der Waals surface area contributed by atoms with Gasteiger partial charge in [-0.2, -0.15) is 0 Å². The molecule has 0 aliphatic rings. The number of hydrogen-bond acceptors (Lipinski definition) is 4. The van der Waals surface area contributed by atoms with E-state index in [-0.39, 0.29) is 18.1 Å². The number of guanidine groups is 1. The molecule has 2 aromatic rings. The van der Waals surface area contributed by atoms with Crippen LogP contribution in [0.1, 0.15) is 12.5 Å². The Labute approximate surface area is 176 Å². The van der Waals surface area contributed by atoms with E-state index in [2.05, 4.69) is 20.9 Å². The summed E-state index contributed by atoms with van der Waals surface area (Å²) < 4.78 is 24.0. The Kier molecular flexibility index (Phi) is 9.99. The molecule has 0 aromatic heterocycles. The highest BCUT2D eigenvalue weighted by Gasteiger charge is 2.04. The van der Waals surface area contributed by atoms with Crippen LogP contribution in [0.4, 0.5) is 4.39 Å². The lowest BCUT2D eigenvalue weighted by Crippen LogP contribution is -2.40. The average Bonchev–Trinajstić information content (AvgIpc) is 2.74. The SMILES string of the molecule is CCNC(=NCCNC(=O)Cc1cccc(F)c1)NCCOc1ccc(OC)cc1. The van der Waals surface area contributed by atoms with Crippen molar-refractivity contribution >= 4 is 11.9 Å². The quantitative estimate of drug-likeness (QED) is 0.297. The summed E-state index contributed by atoms with van der Waals surface area (Å²) in [5.74, 6) is 1.68. The molecule has 1 amide bonds. The summed E-state index contributed by atoms with van der Waals surface area (Å²) in [6.07, 6.45) is 0.141. The van der Waals surface area contributed by atoms with E-state index in [1.807, 2.05) is 31.2 Å². The smallest absolute Gasteiger partial charge is 0.224 e. The third kappa shape index (κ3) is 8.81. The molecule has 8 heteroatoms. The molecule has 2 rings (SSSR count). The minimum atomic E-state index is -0.345. The number of methoxy groups -OCH3 is 1. The second-order valence-electron chi connectivity index (χ2n) is 6.37. The van der Waals surface area contributed by atoms with Crippen LogP contribution < -0.4 is 25.4 Å². The molecule has 7 nitrogen and oxygen atoms in total. The fourth-order valence-electron chi connectivity index (χ4n) is 2.61. The summed E-state index contributed by atoms with van der Waals surface area (Å²) in [5.41, 5.74) is 0.642. The van der Waals surface area contributed by atoms with Crippen LogP contribution in [0, 0.1) is 5.82 Å². The summed E-state index contributed by atoms with van der Waals surface area (Å²) in [6, 6.07) is 13.4. The molecule has 0 unspecified atom stereocenters. The van der Waals surface area contributed by atoms with E-state index in [4.69, 9.17) is 9.47 Å². The predicted octanol–water partition coefficient (Wildman–Crippen LogP) is 2.13. The molecule has 162 valence electrons. The van der Waals surface area contributed by atoms with Crippen LogP contribution in [0.25, 0.3) is 0 Å². The van der Waals surface area contributed by atoms with Gasteiger partial charge in [0.2, 0.25) is 5.91 Å². The van der Waals surface area contributed by atoms with Crippen molar-refractivity contribution in [2.75, 3.05) is 39.9 Å². The average molecular weight is 416 g/mol. The highest BCUT2D eigenvalue weighted by atomic mass is 19.1. The first-order valence-electron chi connectivity index (χ1n) is 9.91. The van der Waals surface area contributed by atoms with Crippen molar-refractivity contribution in [3.05, 3.63) is 59.9 Å². The van der Waals surface area contributed by atoms with Gasteiger partial charge in [-0.1, -0.05) is 12.1 Å². The van der Waals surface area contributed by atoms with E-state index >= 15 is 0 Å². The molecule has 0 fully saturated rings. The van der Waals surface area contributed by atoms with Crippen molar-refractivity contribution in [3.63, 3.8) is 0 Å². The molecule has 0 bridgehead atoms. The topological polar surface area (TPSA) is 84.0 Å². The number of carbonyl (C=O) groups excluding carboxylic acids is 1. The number of nitrogens with zero attached hydrogens (tertiary/aromatic N) is 1. The molecular formula is C22H29FN4O3. The van der Waals surface area contributed by atoms with Crippen molar-refractivity contribution in [2.45, 2.75) is 13.3 Å². The molecule has 0 atom stereocenters. The second-order valence-corrected chi connectivity index (χ2v) is 6.37. The normalized spacial score (nSPS) is 11.0. The third-order valence-corrected chi connectivity index (χ3v) is 4.02. The zero-order valence-electron chi connectivity index (χ0n) is 17.4. The zero-order chi connectivity index (χ0) is 21.6. The molecule has 30 heavy (non-hydrogen) atoms. The molecule has 0 spiro atoms. The van der Waals surface area contributed by atoms with Gasteiger partial charge in [0.15, 0.2) is 5.96 Å². The van der Waals surface area contributed by atoms with E-state index in [1.165, 1.54) is 12.1 Å². The summed E-state index contributed by atoms with van der Waals surface area (Å²) in [5, 5.41) is 9.11. The fraction of sp³-hybridized carbons (Fsp3) is 0.364. The van der Waals surface area contributed by atoms with Crippen molar-refractivity contribution in [3.8, 4) is 11.5 Å². The van der Waals surface area contributed by atoms with Crippen molar-refractivity contribution < 1.29 is 18.7 Å². The summed E-state index contributed by atoms with van der Waals surface area (Å²) in [7, 11) is 1.62. The molecule has 0 saturated heterocycles. The lowest BCUT2D eigenvalue weighted by molar-refractivity contribution is -0.120. The Morgan fingerprint density at radius 1 is 1.03 bits per heavy atom. The van der Waals surface area contributed by atoms with Gasteiger partial charge in [0, 0.05) is 13.1 Å². The molecule has 3 N–H and O–H groups in total. The monoisotopic (exact) mass is 416 g/mol. The highest BCUT2D eigenvalue weighted by molar-refractivity contribution is 5.80. The largest absolute Gasteiger partial charge is 0.497 e. The number of amides is 1. The van der Waals surface area contributed by atoms with E-state index in [1.54, 1.807) is 19.2 Å². The molecule has 0 radical (unpaired) electrons. The van der Waals surface area contributed by atoms with E-state index < -0.39 is 0 Å². The van der Waals surface area contributed by atoms with Crippen LogP contribution in [0.2, 0.25) is 0 Å². The summed E-state index contributed by atoms with van der Waals surface area (Å²) in [4.78, 5) is 16.4. The van der Waals surface area contributed by atoms with Crippen LogP contribution in [0.3, 0.4) is 0 Å². The lowest BCUT2D eigenvalue weighted by Gasteiger charge is -2.12. The number of carbonyl (C=O) groups is 1. The fourth-order valence-corrected chi connectivity index (χ4v) is 2.61. The predicted molar refractivity (Wildman–Crippen MR) is 116 cm³/mol. The van der Waals surface area contributed by atoms with E-state index in [9.17, 15) is 9.18 Å². The van der Waals surface area contributed by atoms with E-state index in [0.29, 0.717) is 37.8 Å². The maximum Gasteiger partial charge on any atom is 0.224 e. The summed E-state index contributed by atoms with van der Waals surface area (Å²) in [6.45, 7) is 4.56. The molecule has 0 aliphatic heterocycles. The van der Waals surface area contributed by atoms with Crippen LogP contribution in [-0.4, -0.2) is 51.8 Å². The molecule has 0 aliphatic carbocycles. The Balaban J connectivity index is 1.66. The van der Waals surface area contributed by atoms with Crippen LogP contribution in [0.15, 0.2) is 53.5 Å². The summed E-state index contributed by atoms with van der Waals surface area (Å²) >= 11 is 0. The number of benzene rings is 2. The standard InChI is InChI=1S/C22H29FN4O3/c1-3-24-22(27-13-14-30-20-9-7-19(29-2)8-10-20)26-12-11-25-21(28)16-17-5-4-6-18(23)15-17/h4-10,15H,3,11-14,16H2,1-2H3,(H,25,28)(H2,24,26,27). The van der Waals surface area contributed by atoms with Gasteiger partial charge in [-0.3, -0.25) is 9.79 Å². The van der Waals surface area contributed by atoms with Gasteiger partial charge >= 0.3 is 0 Å². The molecule has 0 heterocycles.